The van der Waals surface area contributed by atoms with E-state index in [1.165, 1.54) is 5.57 Å². The van der Waals surface area contributed by atoms with Gasteiger partial charge in [-0.3, -0.25) is 4.79 Å². The van der Waals surface area contributed by atoms with E-state index in [2.05, 4.69) is 37.5 Å². The van der Waals surface area contributed by atoms with Crippen molar-refractivity contribution in [3.63, 3.8) is 0 Å². The van der Waals surface area contributed by atoms with Crippen LogP contribution in [0.25, 0.3) is 0 Å². The zero-order valence-electron chi connectivity index (χ0n) is 20.9. The molecule has 34 heavy (non-hydrogen) atoms. The van der Waals surface area contributed by atoms with E-state index < -0.39 is 6.09 Å². The van der Waals surface area contributed by atoms with Crippen molar-refractivity contribution in [3.05, 3.63) is 11.6 Å². The SMILES string of the molecule is COC1C(C2(C)O[C@@H]2CC=C(C)C)[C@]2(CC[C@@H]1OC(=O)N[C@H]1CC[C@H](NC(=O)CN)CC1)CO2. The number of allylic oxidation sites excluding steroid dienone is 1. The van der Waals surface area contributed by atoms with Gasteiger partial charge >= 0.3 is 6.09 Å². The molecule has 0 aromatic heterocycles. The summed E-state index contributed by atoms with van der Waals surface area (Å²) in [4.78, 5) is 24.3. The van der Waals surface area contributed by atoms with E-state index in [1.54, 1.807) is 7.11 Å². The van der Waals surface area contributed by atoms with Crippen LogP contribution in [0.1, 0.15) is 65.7 Å². The highest BCUT2D eigenvalue weighted by Crippen LogP contribution is 2.59. The van der Waals surface area contributed by atoms with Gasteiger partial charge in [-0.25, -0.2) is 4.79 Å². The van der Waals surface area contributed by atoms with Crippen LogP contribution in [0.3, 0.4) is 0 Å². The predicted octanol–water partition coefficient (Wildman–Crippen LogP) is 2.18. The monoisotopic (exact) mass is 479 g/mol. The first-order valence-electron chi connectivity index (χ1n) is 12.7. The normalized spacial score (nSPS) is 40.9. The second kappa shape index (κ2) is 10.1. The van der Waals surface area contributed by atoms with Crippen molar-refractivity contribution in [2.45, 2.75) is 107 Å². The van der Waals surface area contributed by atoms with Crippen LogP contribution in [0, 0.1) is 5.92 Å². The molecule has 6 atom stereocenters. The van der Waals surface area contributed by atoms with E-state index in [4.69, 9.17) is 24.7 Å². The summed E-state index contributed by atoms with van der Waals surface area (Å²) in [6, 6.07) is 0.158. The molecule has 4 aliphatic rings. The minimum absolute atomic E-state index is 0.000341. The fourth-order valence-electron chi connectivity index (χ4n) is 6.08. The predicted molar refractivity (Wildman–Crippen MR) is 126 cm³/mol. The van der Waals surface area contributed by atoms with E-state index in [0.29, 0.717) is 13.0 Å². The number of carbonyl (C=O) groups is 2. The van der Waals surface area contributed by atoms with Gasteiger partial charge < -0.3 is 35.3 Å². The average Bonchev–Trinajstić information content (AvgIpc) is 3.72. The first-order chi connectivity index (χ1) is 16.2. The van der Waals surface area contributed by atoms with E-state index in [9.17, 15) is 9.59 Å². The van der Waals surface area contributed by atoms with Crippen molar-refractivity contribution in [3.8, 4) is 0 Å². The Bertz CT molecular complexity index is 788. The summed E-state index contributed by atoms with van der Waals surface area (Å²) in [7, 11) is 1.68. The minimum atomic E-state index is -0.407. The second-order valence-corrected chi connectivity index (χ2v) is 10.8. The summed E-state index contributed by atoms with van der Waals surface area (Å²) in [5.74, 6) is -0.129. The number of epoxide rings is 2. The number of hydrogen-bond donors (Lipinski definition) is 3. The third kappa shape index (κ3) is 5.42. The summed E-state index contributed by atoms with van der Waals surface area (Å²) in [5, 5.41) is 5.95. The first-order valence-corrected chi connectivity index (χ1v) is 12.7. The number of nitrogens with two attached hydrogens (primary N) is 1. The van der Waals surface area contributed by atoms with E-state index >= 15 is 0 Å². The Morgan fingerprint density at radius 1 is 1.12 bits per heavy atom. The molecule has 2 heterocycles. The lowest BCUT2D eigenvalue weighted by molar-refractivity contribution is -0.120. The molecule has 9 heteroatoms. The van der Waals surface area contributed by atoms with E-state index in [0.717, 1.165) is 38.5 Å². The third-order valence-electron chi connectivity index (χ3n) is 8.10. The van der Waals surface area contributed by atoms with Crippen LogP contribution in [-0.4, -0.2) is 73.9 Å². The molecule has 0 radical (unpaired) electrons. The third-order valence-corrected chi connectivity index (χ3v) is 8.10. The van der Waals surface area contributed by atoms with Crippen molar-refractivity contribution in [2.24, 2.45) is 11.7 Å². The molecule has 2 amide bonds. The molecule has 9 nitrogen and oxygen atoms in total. The zero-order valence-corrected chi connectivity index (χ0v) is 20.9. The number of methoxy groups -OCH3 is 1. The lowest BCUT2D eigenvalue weighted by Crippen LogP contribution is -2.56. The number of ether oxygens (including phenoxy) is 4. The Kier molecular flexibility index (Phi) is 7.57. The molecule has 3 unspecified atom stereocenters. The first kappa shape index (κ1) is 25.4. The Hall–Kier alpha value is -1.68. The molecule has 2 saturated carbocycles. The molecule has 4 rings (SSSR count). The lowest BCUT2D eigenvalue weighted by Gasteiger charge is -2.42. The summed E-state index contributed by atoms with van der Waals surface area (Å²) >= 11 is 0. The minimum Gasteiger partial charge on any atom is -0.443 e. The number of alkyl carbamates (subject to hydrolysis) is 1. The van der Waals surface area contributed by atoms with Gasteiger partial charge in [-0.05, 0) is 65.7 Å². The second-order valence-electron chi connectivity index (χ2n) is 10.8. The highest BCUT2D eigenvalue weighted by atomic mass is 16.6. The molecule has 0 aromatic rings. The van der Waals surface area contributed by atoms with Gasteiger partial charge in [0.2, 0.25) is 5.91 Å². The van der Waals surface area contributed by atoms with Gasteiger partial charge in [-0.1, -0.05) is 11.6 Å². The average molecular weight is 480 g/mol. The lowest BCUT2D eigenvalue weighted by atomic mass is 9.68. The van der Waals surface area contributed by atoms with Crippen LogP contribution in [-0.2, 0) is 23.7 Å². The molecule has 0 bridgehead atoms. The van der Waals surface area contributed by atoms with Crippen molar-refractivity contribution in [1.29, 1.82) is 0 Å². The standard InChI is InChI=1S/C25H41N3O6/c1-15(2)5-10-19-24(3,34-19)22-21(31-4)18(11-12-25(22)14-32-25)33-23(30)28-17-8-6-16(7-9-17)27-20(29)13-26/h5,16-19,21-22H,6-14,26H2,1-4H3,(H,27,29)(H,28,30)/t16-,17-,18-,19+,21?,22?,24?,25-/m0/s1. The fourth-order valence-corrected chi connectivity index (χ4v) is 6.08. The zero-order chi connectivity index (χ0) is 24.5. The quantitative estimate of drug-likeness (QED) is 0.360. The molecule has 4 N–H and O–H groups in total. The van der Waals surface area contributed by atoms with Gasteiger partial charge in [-0.15, -0.1) is 0 Å². The summed E-state index contributed by atoms with van der Waals surface area (Å²) in [6.07, 6.45) is 6.88. The molecule has 192 valence electrons. The Labute approximate surface area is 202 Å². The molecule has 2 aliphatic carbocycles. The Balaban J connectivity index is 1.32. The number of hydrogen-bond acceptors (Lipinski definition) is 7. The van der Waals surface area contributed by atoms with Crippen LogP contribution in [0.15, 0.2) is 11.6 Å². The van der Waals surface area contributed by atoms with Crippen molar-refractivity contribution < 1.29 is 28.5 Å². The number of carbonyl (C=O) groups excluding carboxylic acids is 2. The van der Waals surface area contributed by atoms with Gasteiger partial charge in [0, 0.05) is 19.2 Å². The summed E-state index contributed by atoms with van der Waals surface area (Å²) in [5.41, 5.74) is 6.06. The number of nitrogens with one attached hydrogen (secondary N) is 2. The van der Waals surface area contributed by atoms with Crippen molar-refractivity contribution >= 4 is 12.0 Å². The van der Waals surface area contributed by atoms with Gasteiger partial charge in [0.05, 0.1) is 25.2 Å². The Morgan fingerprint density at radius 3 is 2.32 bits per heavy atom. The molecule has 0 aromatic carbocycles. The molecule has 4 fully saturated rings. The van der Waals surface area contributed by atoms with Gasteiger partial charge in [-0.2, -0.15) is 0 Å². The largest absolute Gasteiger partial charge is 0.443 e. The van der Waals surface area contributed by atoms with Crippen molar-refractivity contribution in [1.82, 2.24) is 10.6 Å². The molecule has 2 saturated heterocycles. The van der Waals surface area contributed by atoms with E-state index in [1.807, 2.05) is 0 Å². The van der Waals surface area contributed by atoms with E-state index in [-0.39, 0.29) is 60.0 Å². The fraction of sp³-hybridized carbons (Fsp3) is 0.840. The smallest absolute Gasteiger partial charge is 0.407 e. The van der Waals surface area contributed by atoms with Crippen LogP contribution >= 0.6 is 0 Å². The molecule has 1 spiro atoms. The molecular formula is C25H41N3O6. The maximum absolute atomic E-state index is 12.8. The Morgan fingerprint density at radius 2 is 1.76 bits per heavy atom. The van der Waals surface area contributed by atoms with Crippen molar-refractivity contribution in [2.75, 3.05) is 20.3 Å². The highest BCUT2D eigenvalue weighted by molar-refractivity contribution is 5.78. The summed E-state index contributed by atoms with van der Waals surface area (Å²) in [6.45, 7) is 7.03. The van der Waals surface area contributed by atoms with Gasteiger partial charge in [0.15, 0.2) is 0 Å². The number of amides is 2. The summed E-state index contributed by atoms with van der Waals surface area (Å²) < 4.78 is 24.1. The maximum Gasteiger partial charge on any atom is 0.407 e. The van der Waals surface area contributed by atoms with Crippen LogP contribution in [0.2, 0.25) is 0 Å². The molecule has 2 aliphatic heterocycles. The van der Waals surface area contributed by atoms with Crippen LogP contribution in [0.4, 0.5) is 4.79 Å². The van der Waals surface area contributed by atoms with Crippen LogP contribution < -0.4 is 16.4 Å². The highest BCUT2D eigenvalue weighted by Gasteiger charge is 2.72. The van der Waals surface area contributed by atoms with Crippen LogP contribution in [0.5, 0.6) is 0 Å². The molecular weight excluding hydrogens is 438 g/mol. The van der Waals surface area contributed by atoms with Gasteiger partial charge in [0.1, 0.15) is 23.4 Å². The number of rotatable bonds is 8. The van der Waals surface area contributed by atoms with Gasteiger partial charge in [0.25, 0.3) is 0 Å². The topological polar surface area (TPSA) is 128 Å². The maximum atomic E-state index is 12.8.